The van der Waals surface area contributed by atoms with Gasteiger partial charge in [-0.2, -0.15) is 0 Å². The molecule has 0 fully saturated rings. The number of carbonyl (C=O) groups is 2. The molecule has 0 radical (unpaired) electrons. The second kappa shape index (κ2) is 7.91. The Labute approximate surface area is 139 Å². The standard InChI is InChI=1S/C16H19N5O3/c1-4-24-16(23)19-13-7-5-12(6-8-13)14(22)20-21-15-17-10(2)9-11(3)18-15/h5-9H,4H2,1-3H3,(H,19,23)(H,20,22)(H,17,18,21). The molecule has 2 amide bonds. The molecule has 2 rings (SSSR count). The average Bonchev–Trinajstić information content (AvgIpc) is 2.52. The minimum Gasteiger partial charge on any atom is -0.450 e. The van der Waals surface area contributed by atoms with Crippen LogP contribution in [0, 0.1) is 13.8 Å². The number of benzene rings is 1. The quantitative estimate of drug-likeness (QED) is 0.728. The van der Waals surface area contributed by atoms with Gasteiger partial charge in [0.05, 0.1) is 6.61 Å². The molecule has 1 aromatic carbocycles. The smallest absolute Gasteiger partial charge is 0.411 e. The molecule has 0 saturated heterocycles. The Morgan fingerprint density at radius 1 is 1.08 bits per heavy atom. The van der Waals surface area contributed by atoms with E-state index >= 15 is 0 Å². The summed E-state index contributed by atoms with van der Waals surface area (Å²) < 4.78 is 4.78. The van der Waals surface area contributed by atoms with Crippen molar-refractivity contribution in [3.63, 3.8) is 0 Å². The molecule has 0 spiro atoms. The fraction of sp³-hybridized carbons (Fsp3) is 0.250. The summed E-state index contributed by atoms with van der Waals surface area (Å²) in [7, 11) is 0. The number of hydrogen-bond donors (Lipinski definition) is 3. The van der Waals surface area contributed by atoms with Crippen LogP contribution in [0.15, 0.2) is 30.3 Å². The van der Waals surface area contributed by atoms with Gasteiger partial charge in [-0.1, -0.05) is 0 Å². The van der Waals surface area contributed by atoms with Gasteiger partial charge in [0.15, 0.2) is 0 Å². The van der Waals surface area contributed by atoms with Crippen molar-refractivity contribution in [2.45, 2.75) is 20.8 Å². The van der Waals surface area contributed by atoms with Crippen molar-refractivity contribution < 1.29 is 14.3 Å². The number of aryl methyl sites for hydroxylation is 2. The van der Waals surface area contributed by atoms with Crippen molar-refractivity contribution in [2.24, 2.45) is 0 Å². The molecule has 24 heavy (non-hydrogen) atoms. The van der Waals surface area contributed by atoms with Gasteiger partial charge in [0, 0.05) is 22.6 Å². The number of carbonyl (C=O) groups excluding carboxylic acids is 2. The number of nitrogens with zero attached hydrogens (tertiary/aromatic N) is 2. The predicted octanol–water partition coefficient (Wildman–Crippen LogP) is 2.42. The third-order valence-electron chi connectivity index (χ3n) is 2.94. The summed E-state index contributed by atoms with van der Waals surface area (Å²) in [5.74, 6) is -0.0260. The van der Waals surface area contributed by atoms with Crippen LogP contribution < -0.4 is 16.2 Å². The summed E-state index contributed by atoms with van der Waals surface area (Å²) in [4.78, 5) is 31.7. The third kappa shape index (κ3) is 4.94. The van der Waals surface area contributed by atoms with Crippen LogP contribution in [0.1, 0.15) is 28.7 Å². The van der Waals surface area contributed by atoms with E-state index in [4.69, 9.17) is 4.74 Å². The minimum atomic E-state index is -0.539. The molecule has 2 aromatic rings. The first-order valence-corrected chi connectivity index (χ1v) is 7.40. The first kappa shape index (κ1) is 17.2. The summed E-state index contributed by atoms with van der Waals surface area (Å²) in [5, 5.41) is 2.55. The molecule has 0 aliphatic carbocycles. The van der Waals surface area contributed by atoms with E-state index in [1.807, 2.05) is 19.9 Å². The van der Waals surface area contributed by atoms with Crippen molar-refractivity contribution in [1.82, 2.24) is 15.4 Å². The number of ether oxygens (including phenoxy) is 1. The van der Waals surface area contributed by atoms with E-state index in [-0.39, 0.29) is 5.91 Å². The van der Waals surface area contributed by atoms with E-state index in [1.54, 1.807) is 31.2 Å². The maximum atomic E-state index is 12.1. The Balaban J connectivity index is 1.93. The van der Waals surface area contributed by atoms with E-state index in [0.29, 0.717) is 23.8 Å². The first-order valence-electron chi connectivity index (χ1n) is 7.40. The van der Waals surface area contributed by atoms with E-state index in [0.717, 1.165) is 11.4 Å². The van der Waals surface area contributed by atoms with Crippen LogP contribution >= 0.6 is 0 Å². The molecule has 126 valence electrons. The lowest BCUT2D eigenvalue weighted by Crippen LogP contribution is -2.30. The molecule has 1 aromatic heterocycles. The molecule has 0 saturated carbocycles. The number of anilines is 2. The molecular weight excluding hydrogens is 310 g/mol. The van der Waals surface area contributed by atoms with Gasteiger partial charge in [-0.15, -0.1) is 0 Å². The Morgan fingerprint density at radius 2 is 1.71 bits per heavy atom. The Bertz CT molecular complexity index is 711. The lowest BCUT2D eigenvalue weighted by atomic mass is 10.2. The minimum absolute atomic E-state index is 0.290. The van der Waals surface area contributed by atoms with Gasteiger partial charge < -0.3 is 4.74 Å². The van der Waals surface area contributed by atoms with Gasteiger partial charge in [0.25, 0.3) is 5.91 Å². The van der Waals surface area contributed by atoms with Crippen LogP contribution in [-0.4, -0.2) is 28.6 Å². The van der Waals surface area contributed by atoms with Gasteiger partial charge in [-0.3, -0.25) is 21.0 Å². The normalized spacial score (nSPS) is 9.96. The van der Waals surface area contributed by atoms with E-state index < -0.39 is 6.09 Å². The molecule has 0 bridgehead atoms. The second-order valence-corrected chi connectivity index (χ2v) is 4.98. The maximum Gasteiger partial charge on any atom is 0.411 e. The van der Waals surface area contributed by atoms with Crippen molar-refractivity contribution in [1.29, 1.82) is 0 Å². The van der Waals surface area contributed by atoms with Gasteiger partial charge in [-0.05, 0) is 51.1 Å². The van der Waals surface area contributed by atoms with Crippen molar-refractivity contribution in [2.75, 3.05) is 17.3 Å². The Kier molecular flexibility index (Phi) is 5.67. The van der Waals surface area contributed by atoms with Crippen LogP contribution in [0.2, 0.25) is 0 Å². The number of amides is 2. The number of nitrogens with one attached hydrogen (secondary N) is 3. The van der Waals surface area contributed by atoms with Crippen LogP contribution in [0.5, 0.6) is 0 Å². The van der Waals surface area contributed by atoms with E-state index in [2.05, 4.69) is 26.1 Å². The molecule has 0 atom stereocenters. The van der Waals surface area contributed by atoms with Gasteiger partial charge in [0.1, 0.15) is 0 Å². The highest BCUT2D eigenvalue weighted by Gasteiger charge is 2.07. The fourth-order valence-electron chi connectivity index (χ4n) is 1.96. The summed E-state index contributed by atoms with van der Waals surface area (Å²) in [6, 6.07) is 8.22. The molecule has 0 aliphatic heterocycles. The van der Waals surface area contributed by atoms with Crippen LogP contribution in [-0.2, 0) is 4.74 Å². The van der Waals surface area contributed by atoms with Crippen LogP contribution in [0.4, 0.5) is 16.4 Å². The van der Waals surface area contributed by atoms with Gasteiger partial charge in [-0.25, -0.2) is 14.8 Å². The predicted molar refractivity (Wildman–Crippen MR) is 89.7 cm³/mol. The van der Waals surface area contributed by atoms with Gasteiger partial charge >= 0.3 is 6.09 Å². The van der Waals surface area contributed by atoms with Crippen molar-refractivity contribution in [3.05, 3.63) is 47.3 Å². The molecule has 8 heteroatoms. The molecule has 0 unspecified atom stereocenters. The fourth-order valence-corrected chi connectivity index (χ4v) is 1.96. The zero-order valence-electron chi connectivity index (χ0n) is 13.7. The van der Waals surface area contributed by atoms with Crippen molar-refractivity contribution in [3.8, 4) is 0 Å². The zero-order valence-corrected chi connectivity index (χ0v) is 13.7. The summed E-state index contributed by atoms with van der Waals surface area (Å²) in [5.41, 5.74) is 7.76. The van der Waals surface area contributed by atoms with E-state index in [1.165, 1.54) is 0 Å². The molecule has 1 heterocycles. The van der Waals surface area contributed by atoms with Crippen LogP contribution in [0.3, 0.4) is 0 Å². The summed E-state index contributed by atoms with van der Waals surface area (Å²) in [6.45, 7) is 5.70. The Hall–Kier alpha value is -3.16. The summed E-state index contributed by atoms with van der Waals surface area (Å²) >= 11 is 0. The second-order valence-electron chi connectivity index (χ2n) is 4.98. The number of hydrazine groups is 1. The lowest BCUT2D eigenvalue weighted by Gasteiger charge is -2.09. The number of rotatable bonds is 5. The largest absolute Gasteiger partial charge is 0.450 e. The molecule has 3 N–H and O–H groups in total. The molecular formula is C16H19N5O3. The highest BCUT2D eigenvalue weighted by Crippen LogP contribution is 2.10. The number of aromatic nitrogens is 2. The number of hydrogen-bond acceptors (Lipinski definition) is 6. The lowest BCUT2D eigenvalue weighted by molar-refractivity contribution is 0.0962. The highest BCUT2D eigenvalue weighted by molar-refractivity contribution is 5.95. The first-order chi connectivity index (χ1) is 11.5. The zero-order chi connectivity index (χ0) is 17.5. The topological polar surface area (TPSA) is 105 Å². The molecule has 8 nitrogen and oxygen atoms in total. The SMILES string of the molecule is CCOC(=O)Nc1ccc(C(=O)NNc2nc(C)cc(C)n2)cc1. The Morgan fingerprint density at radius 3 is 2.29 bits per heavy atom. The summed E-state index contributed by atoms with van der Waals surface area (Å²) in [6.07, 6.45) is -0.539. The third-order valence-corrected chi connectivity index (χ3v) is 2.94. The average molecular weight is 329 g/mol. The highest BCUT2D eigenvalue weighted by atomic mass is 16.5. The van der Waals surface area contributed by atoms with Crippen molar-refractivity contribution >= 4 is 23.6 Å². The maximum absolute atomic E-state index is 12.1. The molecule has 0 aliphatic rings. The van der Waals surface area contributed by atoms with Crippen LogP contribution in [0.25, 0.3) is 0 Å². The van der Waals surface area contributed by atoms with E-state index in [9.17, 15) is 9.59 Å². The van der Waals surface area contributed by atoms with Gasteiger partial charge in [0.2, 0.25) is 5.95 Å². The monoisotopic (exact) mass is 329 g/mol.